The summed E-state index contributed by atoms with van der Waals surface area (Å²) in [6.07, 6.45) is 0. The first kappa shape index (κ1) is 23.0. The zero-order chi connectivity index (χ0) is 18.4. The molecule has 1 fully saturated rings. The fourth-order valence-electron chi connectivity index (χ4n) is 2.62. The first-order chi connectivity index (χ1) is 11.8. The van der Waals surface area contributed by atoms with Crippen molar-refractivity contribution in [2.75, 3.05) is 45.5 Å². The molecule has 1 heterocycles. The Morgan fingerprint density at radius 3 is 2.19 bits per heavy atom. The molecule has 0 aliphatic carbocycles. The van der Waals surface area contributed by atoms with Crippen LogP contribution in [0.4, 0.5) is 0 Å². The number of sulfone groups is 1. The quantitative estimate of drug-likeness (QED) is 0.374. The number of hydrogen-bond donors (Lipinski definition) is 1. The normalized spacial score (nSPS) is 15.4. The van der Waals surface area contributed by atoms with Crippen molar-refractivity contribution in [3.8, 4) is 0 Å². The van der Waals surface area contributed by atoms with Crippen molar-refractivity contribution in [2.45, 2.75) is 11.8 Å². The molecule has 1 N–H and O–H groups in total. The molecule has 7 nitrogen and oxygen atoms in total. The Morgan fingerprint density at radius 2 is 1.69 bits per heavy atom. The number of piperazine rings is 1. The molecule has 0 unspecified atom stereocenters. The van der Waals surface area contributed by atoms with Crippen molar-refractivity contribution in [3.63, 3.8) is 0 Å². The summed E-state index contributed by atoms with van der Waals surface area (Å²) < 4.78 is 24.7. The molecular formula is C16H24ClIN4O3S. The van der Waals surface area contributed by atoms with E-state index in [0.29, 0.717) is 37.2 Å². The van der Waals surface area contributed by atoms with Crippen LogP contribution >= 0.6 is 35.6 Å². The van der Waals surface area contributed by atoms with Crippen molar-refractivity contribution in [1.82, 2.24) is 15.1 Å². The first-order valence-electron chi connectivity index (χ1n) is 8.03. The van der Waals surface area contributed by atoms with Gasteiger partial charge in [0, 0.05) is 51.7 Å². The van der Waals surface area contributed by atoms with Gasteiger partial charge < -0.3 is 15.1 Å². The lowest BCUT2D eigenvalue weighted by Crippen LogP contribution is -2.53. The van der Waals surface area contributed by atoms with Gasteiger partial charge in [-0.15, -0.1) is 24.0 Å². The minimum atomic E-state index is -3.38. The van der Waals surface area contributed by atoms with Gasteiger partial charge in [-0.1, -0.05) is 11.6 Å². The van der Waals surface area contributed by atoms with E-state index in [1.54, 1.807) is 31.0 Å². The van der Waals surface area contributed by atoms with Crippen LogP contribution in [0.3, 0.4) is 0 Å². The van der Waals surface area contributed by atoms with Crippen LogP contribution in [-0.4, -0.2) is 75.6 Å². The Hall–Kier alpha value is -1.07. The lowest BCUT2D eigenvalue weighted by molar-refractivity contribution is -0.130. The fourth-order valence-corrected chi connectivity index (χ4v) is 3.91. The third-order valence-electron chi connectivity index (χ3n) is 4.06. The number of benzene rings is 1. The average molecular weight is 515 g/mol. The zero-order valence-corrected chi connectivity index (χ0v) is 18.7. The monoisotopic (exact) mass is 514 g/mol. The smallest absolute Gasteiger partial charge is 0.219 e. The highest BCUT2D eigenvalue weighted by molar-refractivity contribution is 14.0. The highest BCUT2D eigenvalue weighted by atomic mass is 127. The van der Waals surface area contributed by atoms with E-state index in [2.05, 4.69) is 10.3 Å². The average Bonchev–Trinajstić information content (AvgIpc) is 2.59. The van der Waals surface area contributed by atoms with Gasteiger partial charge in [-0.2, -0.15) is 0 Å². The Morgan fingerprint density at radius 1 is 1.15 bits per heavy atom. The molecule has 1 aliphatic rings. The first-order valence-corrected chi connectivity index (χ1v) is 10.1. The van der Waals surface area contributed by atoms with Gasteiger partial charge in [0.1, 0.15) is 0 Å². The molecule has 1 amide bonds. The predicted octanol–water partition coefficient (Wildman–Crippen LogP) is 1.47. The van der Waals surface area contributed by atoms with Gasteiger partial charge in [-0.05, 0) is 24.3 Å². The van der Waals surface area contributed by atoms with Crippen molar-refractivity contribution >= 4 is 57.3 Å². The van der Waals surface area contributed by atoms with Crippen molar-refractivity contribution in [1.29, 1.82) is 0 Å². The standard InChI is InChI=1S/C16H23ClN4O3S.HI/c1-13(22)20-8-10-21(11-9-20)16(18-2)19-7-12-25(23,24)15-5-3-14(17)4-6-15;/h3-6H,7-12H2,1-2H3,(H,18,19);1H. The van der Waals surface area contributed by atoms with E-state index >= 15 is 0 Å². The number of nitrogens with zero attached hydrogens (tertiary/aromatic N) is 3. The molecule has 0 aromatic heterocycles. The SMILES string of the molecule is CN=C(NCCS(=O)(=O)c1ccc(Cl)cc1)N1CCN(C(C)=O)CC1.I. The van der Waals surface area contributed by atoms with E-state index in [1.165, 1.54) is 12.1 Å². The minimum Gasteiger partial charge on any atom is -0.355 e. The number of nitrogens with one attached hydrogen (secondary N) is 1. The molecule has 0 atom stereocenters. The number of carbonyl (C=O) groups excluding carboxylic acids is 1. The highest BCUT2D eigenvalue weighted by Gasteiger charge is 2.21. The summed E-state index contributed by atoms with van der Waals surface area (Å²) >= 11 is 5.79. The molecule has 0 radical (unpaired) electrons. The minimum absolute atomic E-state index is 0. The van der Waals surface area contributed by atoms with Crippen molar-refractivity contribution < 1.29 is 13.2 Å². The van der Waals surface area contributed by atoms with Crippen molar-refractivity contribution in [3.05, 3.63) is 29.3 Å². The fraction of sp³-hybridized carbons (Fsp3) is 0.500. The van der Waals surface area contributed by atoms with Gasteiger partial charge in [0.2, 0.25) is 5.91 Å². The summed E-state index contributed by atoms with van der Waals surface area (Å²) in [4.78, 5) is 19.6. The third-order valence-corrected chi connectivity index (χ3v) is 6.05. The van der Waals surface area contributed by atoms with E-state index in [9.17, 15) is 13.2 Å². The number of guanidine groups is 1. The number of aliphatic imine (C=N–C) groups is 1. The Balaban J connectivity index is 0.00000338. The summed E-state index contributed by atoms with van der Waals surface area (Å²) in [7, 11) is -1.72. The second-order valence-corrected chi connectivity index (χ2v) is 8.29. The highest BCUT2D eigenvalue weighted by Crippen LogP contribution is 2.15. The van der Waals surface area contributed by atoms with E-state index in [4.69, 9.17) is 11.6 Å². The summed E-state index contributed by atoms with van der Waals surface area (Å²) in [6, 6.07) is 6.14. The molecule has 2 rings (SSSR count). The maximum absolute atomic E-state index is 12.3. The van der Waals surface area contributed by atoms with Crippen LogP contribution in [0.15, 0.2) is 34.2 Å². The van der Waals surface area contributed by atoms with Crippen LogP contribution in [0.2, 0.25) is 5.02 Å². The predicted molar refractivity (Wildman–Crippen MR) is 114 cm³/mol. The molecular weight excluding hydrogens is 491 g/mol. The molecule has 146 valence electrons. The maximum atomic E-state index is 12.3. The molecule has 1 saturated heterocycles. The summed E-state index contributed by atoms with van der Waals surface area (Å²) in [6.45, 7) is 4.43. The number of hydrogen-bond acceptors (Lipinski definition) is 4. The molecule has 0 saturated carbocycles. The number of carbonyl (C=O) groups is 1. The van der Waals surface area contributed by atoms with Gasteiger partial charge in [-0.25, -0.2) is 8.42 Å². The maximum Gasteiger partial charge on any atom is 0.219 e. The molecule has 1 aromatic rings. The van der Waals surface area contributed by atoms with Gasteiger partial charge >= 0.3 is 0 Å². The zero-order valence-electron chi connectivity index (χ0n) is 14.8. The third kappa shape index (κ3) is 6.27. The van der Waals surface area contributed by atoms with E-state index in [-0.39, 0.29) is 47.1 Å². The van der Waals surface area contributed by atoms with Crippen LogP contribution in [0.5, 0.6) is 0 Å². The summed E-state index contributed by atoms with van der Waals surface area (Å²) in [5.41, 5.74) is 0. The van der Waals surface area contributed by atoms with Gasteiger partial charge in [0.15, 0.2) is 15.8 Å². The second kappa shape index (κ2) is 10.3. The molecule has 10 heteroatoms. The van der Waals surface area contributed by atoms with Gasteiger partial charge in [-0.3, -0.25) is 9.79 Å². The van der Waals surface area contributed by atoms with Gasteiger partial charge in [0.25, 0.3) is 0 Å². The van der Waals surface area contributed by atoms with Crippen molar-refractivity contribution in [2.24, 2.45) is 4.99 Å². The molecule has 1 aromatic carbocycles. The Bertz CT molecular complexity index is 732. The molecule has 26 heavy (non-hydrogen) atoms. The Kier molecular flexibility index (Phi) is 9.11. The van der Waals surface area contributed by atoms with E-state index in [0.717, 1.165) is 0 Å². The molecule has 0 bridgehead atoms. The topological polar surface area (TPSA) is 82.1 Å². The number of halogens is 2. The lowest BCUT2D eigenvalue weighted by atomic mass is 10.3. The molecule has 1 aliphatic heterocycles. The largest absolute Gasteiger partial charge is 0.355 e. The molecule has 0 spiro atoms. The number of amides is 1. The van der Waals surface area contributed by atoms with Gasteiger partial charge in [0.05, 0.1) is 10.6 Å². The second-order valence-electron chi connectivity index (χ2n) is 5.74. The van der Waals surface area contributed by atoms with Crippen LogP contribution in [0.1, 0.15) is 6.92 Å². The lowest BCUT2D eigenvalue weighted by Gasteiger charge is -2.36. The summed E-state index contributed by atoms with van der Waals surface area (Å²) in [5, 5.41) is 3.59. The van der Waals surface area contributed by atoms with E-state index in [1.807, 2.05) is 4.90 Å². The van der Waals surface area contributed by atoms with Crippen LogP contribution in [-0.2, 0) is 14.6 Å². The number of rotatable bonds is 4. The van der Waals surface area contributed by atoms with Crippen LogP contribution < -0.4 is 5.32 Å². The summed E-state index contributed by atoms with van der Waals surface area (Å²) in [5.74, 6) is 0.673. The Labute approximate surface area is 176 Å². The van der Waals surface area contributed by atoms with Crippen LogP contribution in [0, 0.1) is 0 Å². The van der Waals surface area contributed by atoms with E-state index < -0.39 is 9.84 Å². The van der Waals surface area contributed by atoms with Crippen LogP contribution in [0.25, 0.3) is 0 Å².